The number of rotatable bonds is 2. The van der Waals surface area contributed by atoms with Gasteiger partial charge in [0.15, 0.2) is 0 Å². The van der Waals surface area contributed by atoms with Crippen molar-refractivity contribution < 1.29 is 4.74 Å². The number of hydrogen-bond donors (Lipinski definition) is 2. The first-order chi connectivity index (χ1) is 8.74. The standard InChI is InChI=1S/C13H12BrN3O/c14-11-4-16-5-12(15)13(11)17-10-2-1-8-6-18-7-9(8)3-10/h1-5H,6-7,15H2,(H,16,17). The Morgan fingerprint density at radius 2 is 2.06 bits per heavy atom. The summed E-state index contributed by atoms with van der Waals surface area (Å²) < 4.78 is 6.24. The second-order valence-electron chi connectivity index (χ2n) is 4.19. The van der Waals surface area contributed by atoms with Gasteiger partial charge >= 0.3 is 0 Å². The largest absolute Gasteiger partial charge is 0.396 e. The number of fused-ring (bicyclic) bond motifs is 1. The molecule has 4 nitrogen and oxygen atoms in total. The maximum atomic E-state index is 5.90. The zero-order chi connectivity index (χ0) is 12.5. The number of aromatic nitrogens is 1. The molecule has 0 fully saturated rings. The summed E-state index contributed by atoms with van der Waals surface area (Å²) in [6.07, 6.45) is 3.35. The van der Waals surface area contributed by atoms with Gasteiger partial charge in [-0.15, -0.1) is 0 Å². The molecule has 3 rings (SSSR count). The van der Waals surface area contributed by atoms with E-state index in [2.05, 4.69) is 38.4 Å². The minimum absolute atomic E-state index is 0.612. The Balaban J connectivity index is 1.93. The van der Waals surface area contributed by atoms with Crippen molar-refractivity contribution >= 4 is 33.0 Å². The minimum Gasteiger partial charge on any atom is -0.396 e. The molecule has 1 aromatic heterocycles. The third-order valence-electron chi connectivity index (χ3n) is 2.92. The monoisotopic (exact) mass is 305 g/mol. The van der Waals surface area contributed by atoms with Crippen molar-refractivity contribution in [1.82, 2.24) is 4.98 Å². The molecule has 2 aromatic rings. The van der Waals surface area contributed by atoms with E-state index in [9.17, 15) is 0 Å². The molecule has 0 aliphatic carbocycles. The van der Waals surface area contributed by atoms with Gasteiger partial charge < -0.3 is 15.8 Å². The predicted molar refractivity (Wildman–Crippen MR) is 74.6 cm³/mol. The number of ether oxygens (including phenoxy) is 1. The molecular weight excluding hydrogens is 294 g/mol. The molecule has 3 N–H and O–H groups in total. The highest BCUT2D eigenvalue weighted by Crippen LogP contribution is 2.31. The smallest absolute Gasteiger partial charge is 0.0794 e. The van der Waals surface area contributed by atoms with Gasteiger partial charge in [0, 0.05) is 11.9 Å². The summed E-state index contributed by atoms with van der Waals surface area (Å²) >= 11 is 3.44. The first-order valence-electron chi connectivity index (χ1n) is 5.59. The number of nitrogens with two attached hydrogens (primary N) is 1. The fourth-order valence-electron chi connectivity index (χ4n) is 1.98. The first-order valence-corrected chi connectivity index (χ1v) is 6.39. The number of anilines is 3. The van der Waals surface area contributed by atoms with E-state index >= 15 is 0 Å². The average Bonchev–Trinajstić information content (AvgIpc) is 2.81. The Hall–Kier alpha value is -1.59. The molecule has 0 radical (unpaired) electrons. The quantitative estimate of drug-likeness (QED) is 0.894. The van der Waals surface area contributed by atoms with Gasteiger partial charge in [-0.3, -0.25) is 4.98 Å². The molecule has 2 heterocycles. The van der Waals surface area contributed by atoms with E-state index in [1.54, 1.807) is 12.4 Å². The molecule has 1 aromatic carbocycles. The van der Waals surface area contributed by atoms with Crippen LogP contribution in [0, 0.1) is 0 Å². The van der Waals surface area contributed by atoms with Crippen LogP contribution in [0.2, 0.25) is 0 Å². The van der Waals surface area contributed by atoms with E-state index in [-0.39, 0.29) is 0 Å². The molecule has 0 saturated heterocycles. The fourth-order valence-corrected chi connectivity index (χ4v) is 2.42. The zero-order valence-corrected chi connectivity index (χ0v) is 11.2. The number of benzene rings is 1. The molecule has 1 aliphatic rings. The Morgan fingerprint density at radius 3 is 2.89 bits per heavy atom. The molecule has 0 saturated carbocycles. The maximum Gasteiger partial charge on any atom is 0.0794 e. The van der Waals surface area contributed by atoms with Crippen molar-refractivity contribution in [3.05, 3.63) is 46.2 Å². The van der Waals surface area contributed by atoms with E-state index in [0.29, 0.717) is 18.9 Å². The van der Waals surface area contributed by atoms with Crippen molar-refractivity contribution in [2.45, 2.75) is 13.2 Å². The third kappa shape index (κ3) is 2.07. The summed E-state index contributed by atoms with van der Waals surface area (Å²) in [5, 5.41) is 3.30. The van der Waals surface area contributed by atoms with E-state index in [0.717, 1.165) is 15.8 Å². The first kappa shape index (κ1) is 11.5. The normalized spacial score (nSPS) is 13.4. The Bertz CT molecular complexity index is 581. The lowest BCUT2D eigenvalue weighted by molar-refractivity contribution is 0.134. The molecule has 92 valence electrons. The summed E-state index contributed by atoms with van der Waals surface area (Å²) in [7, 11) is 0. The van der Waals surface area contributed by atoms with Gasteiger partial charge in [-0.05, 0) is 39.2 Å². The Morgan fingerprint density at radius 1 is 1.22 bits per heavy atom. The second-order valence-corrected chi connectivity index (χ2v) is 5.04. The zero-order valence-electron chi connectivity index (χ0n) is 9.61. The number of nitrogens with one attached hydrogen (secondary N) is 1. The Labute approximate surface area is 113 Å². The van der Waals surface area contributed by atoms with Crippen molar-refractivity contribution in [1.29, 1.82) is 0 Å². The lowest BCUT2D eigenvalue weighted by atomic mass is 10.1. The molecule has 0 amide bonds. The van der Waals surface area contributed by atoms with Gasteiger partial charge in [0.1, 0.15) is 0 Å². The minimum atomic E-state index is 0.612. The van der Waals surface area contributed by atoms with Crippen LogP contribution in [0.5, 0.6) is 0 Å². The van der Waals surface area contributed by atoms with E-state index < -0.39 is 0 Å². The number of nitrogens with zero attached hydrogens (tertiary/aromatic N) is 1. The molecule has 0 spiro atoms. The molecule has 0 bridgehead atoms. The summed E-state index contributed by atoms with van der Waals surface area (Å²) in [5.41, 5.74) is 10.8. The molecule has 0 atom stereocenters. The van der Waals surface area contributed by atoms with Crippen LogP contribution in [0.1, 0.15) is 11.1 Å². The maximum absolute atomic E-state index is 5.90. The molecule has 5 heteroatoms. The van der Waals surface area contributed by atoms with Gasteiger partial charge in [-0.2, -0.15) is 0 Å². The predicted octanol–water partition coefficient (Wildman–Crippen LogP) is 3.20. The van der Waals surface area contributed by atoms with Gasteiger partial charge in [0.05, 0.1) is 35.3 Å². The average molecular weight is 306 g/mol. The van der Waals surface area contributed by atoms with Gasteiger partial charge in [0.2, 0.25) is 0 Å². The summed E-state index contributed by atoms with van der Waals surface area (Å²) in [6, 6.07) is 6.20. The number of hydrogen-bond acceptors (Lipinski definition) is 4. The summed E-state index contributed by atoms with van der Waals surface area (Å²) in [4.78, 5) is 4.01. The van der Waals surface area contributed by atoms with Crippen LogP contribution in [-0.2, 0) is 18.0 Å². The van der Waals surface area contributed by atoms with Gasteiger partial charge in [-0.25, -0.2) is 0 Å². The summed E-state index contributed by atoms with van der Waals surface area (Å²) in [5.74, 6) is 0. The van der Waals surface area contributed by atoms with Crippen LogP contribution >= 0.6 is 15.9 Å². The van der Waals surface area contributed by atoms with Crippen molar-refractivity contribution in [3.63, 3.8) is 0 Å². The van der Waals surface area contributed by atoms with Crippen LogP contribution in [0.4, 0.5) is 17.1 Å². The molecule has 0 unspecified atom stereocenters. The van der Waals surface area contributed by atoms with Crippen LogP contribution in [0.25, 0.3) is 0 Å². The topological polar surface area (TPSA) is 60.2 Å². The highest BCUT2D eigenvalue weighted by atomic mass is 79.9. The van der Waals surface area contributed by atoms with Crippen LogP contribution < -0.4 is 11.1 Å². The number of halogens is 1. The number of pyridine rings is 1. The highest BCUT2D eigenvalue weighted by Gasteiger charge is 2.12. The van der Waals surface area contributed by atoms with Crippen LogP contribution in [0.15, 0.2) is 35.1 Å². The Kier molecular flexibility index (Phi) is 2.93. The highest BCUT2D eigenvalue weighted by molar-refractivity contribution is 9.10. The molecular formula is C13H12BrN3O. The third-order valence-corrected chi connectivity index (χ3v) is 3.52. The van der Waals surface area contributed by atoms with Gasteiger partial charge in [-0.1, -0.05) is 6.07 Å². The number of nitrogen functional groups attached to an aromatic ring is 1. The van der Waals surface area contributed by atoms with Crippen molar-refractivity contribution in [2.75, 3.05) is 11.1 Å². The SMILES string of the molecule is Nc1cncc(Br)c1Nc1ccc2c(c1)COC2. The van der Waals surface area contributed by atoms with E-state index in [1.165, 1.54) is 11.1 Å². The molecule has 18 heavy (non-hydrogen) atoms. The van der Waals surface area contributed by atoms with Crippen LogP contribution in [-0.4, -0.2) is 4.98 Å². The lowest BCUT2D eigenvalue weighted by Gasteiger charge is -2.11. The lowest BCUT2D eigenvalue weighted by Crippen LogP contribution is -1.98. The van der Waals surface area contributed by atoms with Gasteiger partial charge in [0.25, 0.3) is 0 Å². The van der Waals surface area contributed by atoms with E-state index in [4.69, 9.17) is 10.5 Å². The fraction of sp³-hybridized carbons (Fsp3) is 0.154. The van der Waals surface area contributed by atoms with Crippen LogP contribution in [0.3, 0.4) is 0 Å². The van der Waals surface area contributed by atoms with E-state index in [1.807, 2.05) is 6.07 Å². The molecule has 1 aliphatic heterocycles. The van der Waals surface area contributed by atoms with Crippen molar-refractivity contribution in [2.24, 2.45) is 0 Å². The second kappa shape index (κ2) is 4.59. The van der Waals surface area contributed by atoms with Crippen molar-refractivity contribution in [3.8, 4) is 0 Å². The summed E-state index contributed by atoms with van der Waals surface area (Å²) in [6.45, 7) is 1.38.